The van der Waals surface area contributed by atoms with Gasteiger partial charge in [0, 0.05) is 37.0 Å². The van der Waals surface area contributed by atoms with E-state index in [-0.39, 0.29) is 35.7 Å². The first-order valence-corrected chi connectivity index (χ1v) is 10.8. The monoisotopic (exact) mass is 417 g/mol. The van der Waals surface area contributed by atoms with Gasteiger partial charge in [0.25, 0.3) is 0 Å². The van der Waals surface area contributed by atoms with Crippen LogP contribution in [0.15, 0.2) is 11.6 Å². The molecule has 0 aromatic carbocycles. The second-order valence-electron chi connectivity index (χ2n) is 7.63. The molecule has 5 nitrogen and oxygen atoms in total. The molecule has 3 heterocycles. The van der Waals surface area contributed by atoms with Crippen LogP contribution in [0.1, 0.15) is 50.6 Å². The van der Waals surface area contributed by atoms with Gasteiger partial charge < -0.3 is 9.80 Å². The summed E-state index contributed by atoms with van der Waals surface area (Å²) in [6.45, 7) is 4.00. The Bertz CT molecular complexity index is 653. The number of hydrogen-bond donors (Lipinski definition) is 0. The number of alkyl halides is 2. The van der Waals surface area contributed by atoms with Crippen molar-refractivity contribution in [3.05, 3.63) is 16.6 Å². The van der Waals surface area contributed by atoms with E-state index in [4.69, 9.17) is 23.2 Å². The largest absolute Gasteiger partial charge is 0.334 e. The zero-order valence-electron chi connectivity index (χ0n) is 15.3. The summed E-state index contributed by atoms with van der Waals surface area (Å²) in [5.74, 6) is 0.190. The van der Waals surface area contributed by atoms with Gasteiger partial charge >= 0.3 is 0 Å². The molecule has 4 unspecified atom stereocenters. The van der Waals surface area contributed by atoms with Crippen LogP contribution >= 0.6 is 34.5 Å². The Morgan fingerprint density at radius 1 is 1.42 bits per heavy atom. The van der Waals surface area contributed by atoms with Crippen molar-refractivity contribution in [2.45, 2.75) is 62.5 Å². The van der Waals surface area contributed by atoms with Crippen LogP contribution < -0.4 is 0 Å². The van der Waals surface area contributed by atoms with Crippen molar-refractivity contribution in [1.82, 2.24) is 14.8 Å². The molecule has 0 N–H and O–H groups in total. The molecule has 0 bridgehead atoms. The molecule has 1 aromatic rings. The molecule has 4 atom stereocenters. The van der Waals surface area contributed by atoms with Crippen LogP contribution in [0.3, 0.4) is 0 Å². The lowest BCUT2D eigenvalue weighted by atomic mass is 9.86. The summed E-state index contributed by atoms with van der Waals surface area (Å²) >= 11 is 14.1. The smallest absolute Gasteiger partial charge is 0.246 e. The fourth-order valence-corrected chi connectivity index (χ4v) is 5.48. The highest BCUT2D eigenvalue weighted by atomic mass is 35.5. The van der Waals surface area contributed by atoms with E-state index in [0.717, 1.165) is 17.8 Å². The van der Waals surface area contributed by atoms with Crippen molar-refractivity contribution in [1.29, 1.82) is 0 Å². The zero-order chi connectivity index (χ0) is 19.0. The van der Waals surface area contributed by atoms with Crippen LogP contribution in [0, 0.1) is 11.8 Å². The minimum Gasteiger partial charge on any atom is -0.334 e. The third-order valence-corrected chi connectivity index (χ3v) is 6.99. The average molecular weight is 418 g/mol. The summed E-state index contributed by atoms with van der Waals surface area (Å²) in [5, 5.41) is 2.87. The number of carbonyl (C=O) groups is 2. The highest BCUT2D eigenvalue weighted by molar-refractivity contribution is 7.09. The van der Waals surface area contributed by atoms with Gasteiger partial charge in [-0.3, -0.25) is 9.59 Å². The normalized spacial score (nSPS) is 28.7. The maximum absolute atomic E-state index is 13.3. The Morgan fingerprint density at radius 2 is 2.15 bits per heavy atom. The van der Waals surface area contributed by atoms with Gasteiger partial charge in [0.05, 0.1) is 6.04 Å². The molecule has 0 aliphatic carbocycles. The average Bonchev–Trinajstić information content (AvgIpc) is 3.23. The fourth-order valence-electron chi connectivity index (χ4n) is 4.17. The minimum atomic E-state index is -0.568. The summed E-state index contributed by atoms with van der Waals surface area (Å²) in [6.07, 6.45) is 4.43. The maximum Gasteiger partial charge on any atom is 0.246 e. The van der Waals surface area contributed by atoms with Gasteiger partial charge in [-0.1, -0.05) is 13.8 Å². The number of fused-ring (bicyclic) bond motifs is 1. The molecular weight excluding hydrogens is 393 g/mol. The SMILES string of the molecule is CC(C)CC(=O)N(C)C1CC(C(Cl)Cl)C2CCC(c3nccs3)N2C1=O. The van der Waals surface area contributed by atoms with Crippen molar-refractivity contribution in [3.8, 4) is 0 Å². The van der Waals surface area contributed by atoms with Gasteiger partial charge in [-0.2, -0.15) is 0 Å². The van der Waals surface area contributed by atoms with E-state index in [0.29, 0.717) is 12.8 Å². The Hall–Kier alpha value is -0.850. The Balaban J connectivity index is 1.88. The van der Waals surface area contributed by atoms with Gasteiger partial charge in [0.15, 0.2) is 0 Å². The maximum atomic E-state index is 13.3. The number of aromatic nitrogens is 1. The summed E-state index contributed by atoms with van der Waals surface area (Å²) in [4.78, 5) is 33.2. The molecule has 3 rings (SSSR count). The third-order valence-electron chi connectivity index (χ3n) is 5.46. The lowest BCUT2D eigenvalue weighted by Gasteiger charge is -2.45. The second-order valence-corrected chi connectivity index (χ2v) is 9.72. The Kier molecular flexibility index (Phi) is 6.14. The van der Waals surface area contributed by atoms with Gasteiger partial charge in [-0.05, 0) is 25.2 Å². The number of rotatable bonds is 5. The Morgan fingerprint density at radius 3 is 2.73 bits per heavy atom. The van der Waals surface area contributed by atoms with Crippen LogP contribution in [0.2, 0.25) is 0 Å². The molecule has 2 aliphatic rings. The van der Waals surface area contributed by atoms with Crippen LogP contribution in [0.4, 0.5) is 0 Å². The highest BCUT2D eigenvalue weighted by Crippen LogP contribution is 2.46. The van der Waals surface area contributed by atoms with Crippen molar-refractivity contribution < 1.29 is 9.59 Å². The van der Waals surface area contributed by atoms with Crippen molar-refractivity contribution in [3.63, 3.8) is 0 Å². The molecule has 2 saturated heterocycles. The van der Waals surface area contributed by atoms with Crippen LogP contribution in [-0.4, -0.2) is 50.6 Å². The quantitative estimate of drug-likeness (QED) is 0.683. The standard InChI is InChI=1S/C18H25Cl2N3O2S/c1-10(2)8-15(24)22(3)14-9-11(16(19)20)12-4-5-13(23(12)18(14)25)17-21-6-7-26-17/h6-7,10-14,16H,4-5,8-9H2,1-3H3. The van der Waals surface area contributed by atoms with Gasteiger partial charge in [-0.25, -0.2) is 4.98 Å². The summed E-state index contributed by atoms with van der Waals surface area (Å²) in [7, 11) is 1.72. The number of thiazole rings is 1. The molecule has 2 amide bonds. The highest BCUT2D eigenvalue weighted by Gasteiger charge is 2.52. The van der Waals surface area contributed by atoms with Crippen LogP contribution in [0.5, 0.6) is 0 Å². The predicted molar refractivity (Wildman–Crippen MR) is 104 cm³/mol. The van der Waals surface area contributed by atoms with E-state index in [1.54, 1.807) is 29.5 Å². The number of piperidine rings is 1. The van der Waals surface area contributed by atoms with E-state index in [1.807, 2.05) is 24.1 Å². The molecule has 8 heteroatoms. The summed E-state index contributed by atoms with van der Waals surface area (Å²) in [5.41, 5.74) is 0. The van der Waals surface area contributed by atoms with Crippen LogP contribution in [-0.2, 0) is 9.59 Å². The third kappa shape index (κ3) is 3.73. The molecule has 2 aliphatic heterocycles. The number of carbonyl (C=O) groups excluding carboxylic acids is 2. The molecule has 144 valence electrons. The topological polar surface area (TPSA) is 53.5 Å². The molecule has 0 radical (unpaired) electrons. The Labute approximate surface area is 168 Å². The number of nitrogens with zero attached hydrogens (tertiary/aromatic N) is 3. The molecule has 1 aromatic heterocycles. The first-order chi connectivity index (χ1) is 12.3. The van der Waals surface area contributed by atoms with Gasteiger partial charge in [0.2, 0.25) is 11.8 Å². The molecular formula is C18H25Cl2N3O2S. The zero-order valence-corrected chi connectivity index (χ0v) is 17.6. The molecule has 0 spiro atoms. The summed E-state index contributed by atoms with van der Waals surface area (Å²) < 4.78 is 0. The fraction of sp³-hybridized carbons (Fsp3) is 0.722. The predicted octanol–water partition coefficient (Wildman–Crippen LogP) is 3.87. The van der Waals surface area contributed by atoms with Crippen molar-refractivity contribution >= 4 is 46.4 Å². The molecule has 2 fully saturated rings. The van der Waals surface area contributed by atoms with E-state index in [2.05, 4.69) is 4.98 Å². The first kappa shape index (κ1) is 19.9. The minimum absolute atomic E-state index is 0.00228. The molecule has 0 saturated carbocycles. The van der Waals surface area contributed by atoms with Gasteiger partial charge in [0.1, 0.15) is 15.9 Å². The van der Waals surface area contributed by atoms with Crippen LogP contribution in [0.25, 0.3) is 0 Å². The first-order valence-electron chi connectivity index (χ1n) is 9.06. The number of amides is 2. The number of hydrogen-bond acceptors (Lipinski definition) is 4. The lowest BCUT2D eigenvalue weighted by Crippen LogP contribution is -2.59. The van der Waals surface area contributed by atoms with E-state index in [1.165, 1.54) is 0 Å². The van der Waals surface area contributed by atoms with E-state index >= 15 is 0 Å². The van der Waals surface area contributed by atoms with E-state index < -0.39 is 10.9 Å². The van der Waals surface area contributed by atoms with Crippen molar-refractivity contribution in [2.24, 2.45) is 11.8 Å². The lowest BCUT2D eigenvalue weighted by molar-refractivity contribution is -0.152. The molecule has 26 heavy (non-hydrogen) atoms. The van der Waals surface area contributed by atoms with E-state index in [9.17, 15) is 9.59 Å². The van der Waals surface area contributed by atoms with Crippen molar-refractivity contribution in [2.75, 3.05) is 7.05 Å². The summed E-state index contributed by atoms with van der Waals surface area (Å²) in [6, 6.07) is -0.539. The van der Waals surface area contributed by atoms with Gasteiger partial charge in [-0.15, -0.1) is 34.5 Å². The second kappa shape index (κ2) is 8.03. The number of likely N-dealkylation sites (N-methyl/N-ethyl adjacent to an activating group) is 1. The number of halogens is 2.